The van der Waals surface area contributed by atoms with Gasteiger partial charge in [0.2, 0.25) is 0 Å². The Bertz CT molecular complexity index is 1430. The summed E-state index contributed by atoms with van der Waals surface area (Å²) >= 11 is 11.1. The lowest BCUT2D eigenvalue weighted by molar-refractivity contribution is -0.402. The fourth-order valence-electron chi connectivity index (χ4n) is 3.22. The molecule has 1 fully saturated rings. The highest BCUT2D eigenvalue weighted by molar-refractivity contribution is 7.80. The van der Waals surface area contributed by atoms with E-state index in [-0.39, 0.29) is 22.3 Å². The molecule has 36 heavy (non-hydrogen) atoms. The number of furan rings is 1. The Labute approximate surface area is 214 Å². The zero-order valence-corrected chi connectivity index (χ0v) is 20.0. The number of carbonyl (C=O) groups excluding carboxylic acids is 2. The number of hydrogen-bond acceptors (Lipinski definition) is 8. The Morgan fingerprint density at radius 2 is 1.86 bits per heavy atom. The van der Waals surface area contributed by atoms with Gasteiger partial charge in [0.1, 0.15) is 16.3 Å². The van der Waals surface area contributed by atoms with Crippen LogP contribution in [0.25, 0.3) is 12.2 Å². The van der Waals surface area contributed by atoms with Gasteiger partial charge >= 0.3 is 5.88 Å². The van der Waals surface area contributed by atoms with Crippen molar-refractivity contribution in [2.45, 2.75) is 0 Å². The van der Waals surface area contributed by atoms with Crippen molar-refractivity contribution < 1.29 is 28.4 Å². The second-order valence-corrected chi connectivity index (χ2v) is 8.02. The summed E-state index contributed by atoms with van der Waals surface area (Å²) in [5.41, 5.74) is 0.816. The van der Waals surface area contributed by atoms with Gasteiger partial charge in [0, 0.05) is 11.1 Å². The van der Waals surface area contributed by atoms with Crippen molar-refractivity contribution in [3.63, 3.8) is 0 Å². The Morgan fingerprint density at radius 1 is 1.11 bits per heavy atom. The molecule has 0 spiro atoms. The Balaban J connectivity index is 1.56. The fourth-order valence-corrected chi connectivity index (χ4v) is 3.63. The van der Waals surface area contributed by atoms with Crippen LogP contribution in [0.3, 0.4) is 0 Å². The summed E-state index contributed by atoms with van der Waals surface area (Å²) in [6, 6.07) is 13.9. The number of nitro groups is 1. The van der Waals surface area contributed by atoms with Gasteiger partial charge in [0.25, 0.3) is 11.8 Å². The van der Waals surface area contributed by atoms with E-state index in [1.165, 1.54) is 42.6 Å². The number of rotatable bonds is 7. The summed E-state index contributed by atoms with van der Waals surface area (Å²) in [6.07, 6.45) is 4.09. The van der Waals surface area contributed by atoms with Crippen molar-refractivity contribution in [3.8, 4) is 11.5 Å². The number of benzene rings is 2. The first-order valence-electron chi connectivity index (χ1n) is 10.2. The third kappa shape index (κ3) is 5.27. The number of hydrogen-bond donors (Lipinski definition) is 1. The second-order valence-electron chi connectivity index (χ2n) is 7.20. The van der Waals surface area contributed by atoms with Crippen LogP contribution in [0.4, 0.5) is 11.6 Å². The first-order valence-corrected chi connectivity index (χ1v) is 11.0. The van der Waals surface area contributed by atoms with Gasteiger partial charge in [0.15, 0.2) is 16.6 Å². The van der Waals surface area contributed by atoms with Crippen LogP contribution < -0.4 is 19.7 Å². The van der Waals surface area contributed by atoms with Crippen LogP contribution in [0.5, 0.6) is 11.5 Å². The number of anilines is 1. The number of nitrogens with one attached hydrogen (secondary N) is 1. The van der Waals surface area contributed by atoms with E-state index in [0.29, 0.717) is 27.8 Å². The molecule has 10 nitrogen and oxygen atoms in total. The van der Waals surface area contributed by atoms with Gasteiger partial charge in [-0.25, -0.2) is 0 Å². The van der Waals surface area contributed by atoms with Gasteiger partial charge < -0.3 is 13.9 Å². The molecule has 3 aromatic rings. The monoisotopic (exact) mass is 525 g/mol. The zero-order valence-electron chi connectivity index (χ0n) is 18.5. The lowest BCUT2D eigenvalue weighted by Crippen LogP contribution is -2.54. The minimum absolute atomic E-state index is 0.0422. The summed E-state index contributed by atoms with van der Waals surface area (Å²) in [4.78, 5) is 36.9. The zero-order chi connectivity index (χ0) is 25.8. The molecule has 1 saturated heterocycles. The number of thiocarbonyl (C=S) groups is 1. The van der Waals surface area contributed by atoms with Gasteiger partial charge in [-0.1, -0.05) is 17.7 Å². The maximum absolute atomic E-state index is 13.1. The first kappa shape index (κ1) is 24.6. The summed E-state index contributed by atoms with van der Waals surface area (Å²) in [7, 11) is 1.43. The number of amides is 2. The maximum Gasteiger partial charge on any atom is 0.433 e. The lowest BCUT2D eigenvalue weighted by Gasteiger charge is -2.29. The average molecular weight is 526 g/mol. The molecule has 0 bridgehead atoms. The van der Waals surface area contributed by atoms with E-state index in [1.54, 1.807) is 42.5 Å². The van der Waals surface area contributed by atoms with Crippen LogP contribution in [-0.2, 0) is 9.59 Å². The molecule has 0 saturated carbocycles. The third-order valence-corrected chi connectivity index (χ3v) is 5.44. The third-order valence-electron chi connectivity index (χ3n) is 4.91. The highest BCUT2D eigenvalue weighted by Crippen LogP contribution is 2.30. The van der Waals surface area contributed by atoms with Crippen molar-refractivity contribution in [1.29, 1.82) is 0 Å². The number of nitrogens with zero attached hydrogens (tertiary/aromatic N) is 2. The van der Waals surface area contributed by atoms with Crippen molar-refractivity contribution in [2.75, 3.05) is 12.0 Å². The van der Waals surface area contributed by atoms with Crippen molar-refractivity contribution in [1.82, 2.24) is 5.32 Å². The molecule has 1 aliphatic rings. The van der Waals surface area contributed by atoms with Crippen LogP contribution in [0.2, 0.25) is 5.02 Å². The molecule has 1 N–H and O–H groups in total. The van der Waals surface area contributed by atoms with Gasteiger partial charge in [-0.15, -0.1) is 0 Å². The van der Waals surface area contributed by atoms with Gasteiger partial charge in [-0.3, -0.25) is 29.9 Å². The maximum atomic E-state index is 13.1. The highest BCUT2D eigenvalue weighted by atomic mass is 35.5. The van der Waals surface area contributed by atoms with E-state index in [1.807, 2.05) is 0 Å². The van der Waals surface area contributed by atoms with E-state index >= 15 is 0 Å². The van der Waals surface area contributed by atoms with Crippen LogP contribution in [0.1, 0.15) is 11.3 Å². The Morgan fingerprint density at radius 3 is 2.53 bits per heavy atom. The second kappa shape index (κ2) is 10.4. The molecule has 2 amide bonds. The average Bonchev–Trinajstić information content (AvgIpc) is 3.33. The largest absolute Gasteiger partial charge is 0.493 e. The summed E-state index contributed by atoms with van der Waals surface area (Å²) in [5, 5.41) is 13.7. The van der Waals surface area contributed by atoms with E-state index in [2.05, 4.69) is 5.32 Å². The minimum Gasteiger partial charge on any atom is -0.493 e. The molecule has 4 rings (SSSR count). The number of carbonyl (C=O) groups is 2. The number of ether oxygens (including phenoxy) is 2. The van der Waals surface area contributed by atoms with Gasteiger partial charge in [0.05, 0.1) is 25.1 Å². The SMILES string of the molecule is COc1cc(/C=C2\C(=O)NC(=S)N(c3ccc(Cl)cc3)C2=O)ccc1O/C=C/c1ccc([N+](=O)[O-])o1. The van der Waals surface area contributed by atoms with E-state index in [9.17, 15) is 19.7 Å². The van der Waals surface area contributed by atoms with Crippen LogP contribution >= 0.6 is 23.8 Å². The first-order chi connectivity index (χ1) is 17.3. The van der Waals surface area contributed by atoms with Gasteiger partial charge in [-0.2, -0.15) is 0 Å². The molecule has 1 aliphatic heterocycles. The minimum atomic E-state index is -0.645. The van der Waals surface area contributed by atoms with Crippen molar-refractivity contribution in [2.24, 2.45) is 0 Å². The topological polar surface area (TPSA) is 124 Å². The van der Waals surface area contributed by atoms with Crippen LogP contribution in [0.15, 0.2) is 70.8 Å². The van der Waals surface area contributed by atoms with Crippen LogP contribution in [-0.4, -0.2) is 29.0 Å². The molecule has 1 aromatic heterocycles. The molecular formula is C24H16ClN3O7S. The lowest BCUT2D eigenvalue weighted by atomic mass is 10.1. The van der Waals surface area contributed by atoms with Crippen LogP contribution in [0, 0.1) is 10.1 Å². The van der Waals surface area contributed by atoms with E-state index in [4.69, 9.17) is 37.7 Å². The number of methoxy groups -OCH3 is 1. The van der Waals surface area contributed by atoms with E-state index in [0.717, 1.165) is 0 Å². The molecule has 182 valence electrons. The molecular weight excluding hydrogens is 510 g/mol. The fraction of sp³-hybridized carbons (Fsp3) is 0.0417. The molecule has 0 radical (unpaired) electrons. The standard InChI is InChI=1S/C24H16ClN3O7S/c1-33-20-13-14(2-8-19(20)34-11-10-17-7-9-21(35-17)28(31)32)12-18-22(29)26-24(36)27(23(18)30)16-5-3-15(25)4-6-16/h2-13H,1H3,(H,26,29,36)/b11-10+,18-12+. The van der Waals surface area contributed by atoms with E-state index < -0.39 is 16.7 Å². The summed E-state index contributed by atoms with van der Waals surface area (Å²) < 4.78 is 15.9. The Kier molecular flexibility index (Phi) is 7.13. The highest BCUT2D eigenvalue weighted by Gasteiger charge is 2.34. The Hall–Kier alpha value is -4.48. The molecule has 2 aromatic carbocycles. The molecule has 0 unspecified atom stereocenters. The smallest absolute Gasteiger partial charge is 0.433 e. The molecule has 2 heterocycles. The van der Waals surface area contributed by atoms with Crippen molar-refractivity contribution >= 4 is 64.5 Å². The number of halogens is 1. The predicted molar refractivity (Wildman–Crippen MR) is 136 cm³/mol. The summed E-state index contributed by atoms with van der Waals surface area (Å²) in [5.74, 6) is -0.757. The van der Waals surface area contributed by atoms with Crippen molar-refractivity contribution in [3.05, 3.63) is 92.9 Å². The van der Waals surface area contributed by atoms with Gasteiger partial charge in [-0.05, 0) is 66.3 Å². The molecule has 12 heteroatoms. The summed E-state index contributed by atoms with van der Waals surface area (Å²) in [6.45, 7) is 0. The quantitative estimate of drug-likeness (QED) is 0.117. The normalized spacial score (nSPS) is 14.9. The molecule has 0 atom stereocenters. The predicted octanol–water partition coefficient (Wildman–Crippen LogP) is 4.73. The molecule has 0 aliphatic carbocycles.